The van der Waals surface area contributed by atoms with Crippen molar-refractivity contribution in [2.45, 2.75) is 6.42 Å². The number of carbonyl (C=O) groups excluding carboxylic acids is 2. The van der Waals surface area contributed by atoms with Gasteiger partial charge in [-0.3, -0.25) is 4.79 Å². The fraction of sp³-hybridized carbons (Fsp3) is 0.500. The van der Waals surface area contributed by atoms with Crippen LogP contribution in [0, 0.1) is 0 Å². The van der Waals surface area contributed by atoms with E-state index in [0.29, 0.717) is 17.4 Å². The van der Waals surface area contributed by atoms with Crippen LogP contribution in [0.4, 0.5) is 4.79 Å². The molecular weight excluding hydrogens is 196 g/mol. The van der Waals surface area contributed by atoms with Gasteiger partial charge in [0.2, 0.25) is 5.90 Å². The molecule has 6 nitrogen and oxygen atoms in total. The molecule has 0 radical (unpaired) electrons. The van der Waals surface area contributed by atoms with E-state index in [1.54, 1.807) is 0 Å². The smallest absolute Gasteiger partial charge is 0.437 e. The van der Waals surface area contributed by atoms with Gasteiger partial charge in [-0.1, -0.05) is 5.06 Å². The molecular formula is C6H6N2O4S. The molecule has 13 heavy (non-hydrogen) atoms. The van der Waals surface area contributed by atoms with Crippen LogP contribution in [0.5, 0.6) is 0 Å². The zero-order valence-electron chi connectivity index (χ0n) is 6.56. The highest BCUT2D eigenvalue weighted by Crippen LogP contribution is 2.17. The molecule has 2 heterocycles. The van der Waals surface area contributed by atoms with E-state index < -0.39 is 12.0 Å². The van der Waals surface area contributed by atoms with E-state index in [4.69, 9.17) is 4.84 Å². The molecule has 2 aliphatic heterocycles. The molecule has 2 amide bonds. The molecule has 0 aliphatic carbocycles. The third kappa shape index (κ3) is 1.59. The van der Waals surface area contributed by atoms with E-state index in [2.05, 4.69) is 9.13 Å². The minimum atomic E-state index is -0.774. The van der Waals surface area contributed by atoms with Gasteiger partial charge in [-0.15, -0.1) is 0 Å². The van der Waals surface area contributed by atoms with E-state index in [9.17, 15) is 9.59 Å². The number of rotatable bonds is 1. The Kier molecular flexibility index (Phi) is 2.09. The first-order chi connectivity index (χ1) is 6.27. The van der Waals surface area contributed by atoms with Gasteiger partial charge in [-0.05, 0) is 11.9 Å². The fourth-order valence-electron chi connectivity index (χ4n) is 0.895. The van der Waals surface area contributed by atoms with E-state index in [-0.39, 0.29) is 6.61 Å². The second-order valence-corrected chi connectivity index (χ2v) is 3.25. The average molecular weight is 202 g/mol. The largest absolute Gasteiger partial charge is 0.451 e. The third-order valence-corrected chi connectivity index (χ3v) is 2.20. The van der Waals surface area contributed by atoms with Crippen molar-refractivity contribution in [3.63, 3.8) is 0 Å². The maximum atomic E-state index is 11.0. The number of hydrogen-bond acceptors (Lipinski definition) is 6. The molecule has 0 spiro atoms. The van der Waals surface area contributed by atoms with Crippen molar-refractivity contribution in [2.75, 3.05) is 12.4 Å². The Labute approximate surface area is 78.0 Å². The molecule has 2 rings (SSSR count). The van der Waals surface area contributed by atoms with E-state index in [1.165, 1.54) is 11.9 Å². The van der Waals surface area contributed by atoms with Crippen LogP contribution in [0.3, 0.4) is 0 Å². The molecule has 0 saturated carbocycles. The van der Waals surface area contributed by atoms with Gasteiger partial charge in [0.15, 0.2) is 6.61 Å². The van der Waals surface area contributed by atoms with Gasteiger partial charge in [0.25, 0.3) is 0 Å². The van der Waals surface area contributed by atoms with Crippen molar-refractivity contribution in [3.8, 4) is 0 Å². The van der Waals surface area contributed by atoms with Crippen molar-refractivity contribution in [1.82, 2.24) is 5.06 Å². The minimum Gasteiger partial charge on any atom is -0.437 e. The summed E-state index contributed by atoms with van der Waals surface area (Å²) in [6.07, 6.45) is -0.147. The fourth-order valence-corrected chi connectivity index (χ4v) is 1.52. The Balaban J connectivity index is 2.00. The van der Waals surface area contributed by atoms with Gasteiger partial charge in [0, 0.05) is 12.2 Å². The predicted molar refractivity (Wildman–Crippen MR) is 43.8 cm³/mol. The highest BCUT2D eigenvalue weighted by molar-refractivity contribution is 7.98. The summed E-state index contributed by atoms with van der Waals surface area (Å²) in [5.74, 6) is 0.702. The van der Waals surface area contributed by atoms with Crippen LogP contribution in [0.2, 0.25) is 0 Å². The van der Waals surface area contributed by atoms with Crippen LogP contribution in [-0.4, -0.2) is 35.3 Å². The number of imide groups is 1. The Morgan fingerprint density at radius 3 is 2.92 bits per heavy atom. The Morgan fingerprint density at radius 1 is 1.54 bits per heavy atom. The van der Waals surface area contributed by atoms with Crippen molar-refractivity contribution in [1.29, 1.82) is 0 Å². The number of amides is 2. The highest BCUT2D eigenvalue weighted by atomic mass is 32.2. The number of ether oxygens (including phenoxy) is 1. The highest BCUT2D eigenvalue weighted by Gasteiger charge is 2.34. The summed E-state index contributed by atoms with van der Waals surface area (Å²) in [6, 6.07) is 0. The Hall–Kier alpha value is -1.24. The van der Waals surface area contributed by atoms with Crippen LogP contribution in [0.15, 0.2) is 4.40 Å². The van der Waals surface area contributed by atoms with Gasteiger partial charge < -0.3 is 9.57 Å². The maximum absolute atomic E-state index is 11.0. The van der Waals surface area contributed by atoms with Gasteiger partial charge in [-0.2, -0.15) is 4.40 Å². The maximum Gasteiger partial charge on any atom is 0.451 e. The summed E-state index contributed by atoms with van der Waals surface area (Å²) in [5.41, 5.74) is 0. The second kappa shape index (κ2) is 3.25. The summed E-state index contributed by atoms with van der Waals surface area (Å²) < 4.78 is 8.32. The second-order valence-electron chi connectivity index (χ2n) is 2.40. The summed E-state index contributed by atoms with van der Waals surface area (Å²) >= 11 is 1.34. The first-order valence-electron chi connectivity index (χ1n) is 3.64. The lowest BCUT2D eigenvalue weighted by Crippen LogP contribution is -2.31. The van der Waals surface area contributed by atoms with Gasteiger partial charge in [0.05, 0.1) is 0 Å². The Morgan fingerprint density at radius 2 is 2.38 bits per heavy atom. The van der Waals surface area contributed by atoms with Crippen LogP contribution in [0.1, 0.15) is 6.42 Å². The van der Waals surface area contributed by atoms with Crippen LogP contribution < -0.4 is 0 Å². The molecule has 2 aliphatic rings. The van der Waals surface area contributed by atoms with Crippen LogP contribution in [0.25, 0.3) is 0 Å². The van der Waals surface area contributed by atoms with Gasteiger partial charge >= 0.3 is 12.0 Å². The van der Waals surface area contributed by atoms with Gasteiger partial charge in [0.1, 0.15) is 0 Å². The first-order valence-corrected chi connectivity index (χ1v) is 4.58. The zero-order chi connectivity index (χ0) is 9.26. The number of nitrogens with zero attached hydrogens (tertiary/aromatic N) is 2. The molecule has 1 saturated heterocycles. The molecule has 0 bridgehead atoms. The summed E-state index contributed by atoms with van der Waals surface area (Å²) in [6.45, 7) is -0.251. The minimum absolute atomic E-state index is 0.251. The molecule has 0 aromatic carbocycles. The SMILES string of the molecule is O=C1COC(=O)N1OC1=NSCC1. The van der Waals surface area contributed by atoms with Crippen LogP contribution in [-0.2, 0) is 14.4 Å². The normalized spacial score (nSPS) is 21.8. The molecule has 0 aromatic rings. The molecule has 1 fully saturated rings. The molecule has 0 N–H and O–H groups in total. The summed E-state index contributed by atoms with van der Waals surface area (Å²) in [5, 5.41) is 0.602. The first kappa shape index (κ1) is 8.36. The monoisotopic (exact) mass is 202 g/mol. The van der Waals surface area contributed by atoms with Crippen molar-refractivity contribution < 1.29 is 19.2 Å². The lowest BCUT2D eigenvalue weighted by atomic mass is 10.5. The van der Waals surface area contributed by atoms with Crippen molar-refractivity contribution >= 4 is 29.8 Å². The molecule has 0 aromatic heterocycles. The van der Waals surface area contributed by atoms with E-state index in [1.807, 2.05) is 0 Å². The summed E-state index contributed by atoms with van der Waals surface area (Å²) in [4.78, 5) is 26.8. The molecule has 70 valence electrons. The number of hydroxylamine groups is 2. The quantitative estimate of drug-likeness (QED) is 0.574. The van der Waals surface area contributed by atoms with Crippen molar-refractivity contribution in [2.24, 2.45) is 4.40 Å². The molecule has 7 heteroatoms. The lowest BCUT2D eigenvalue weighted by Gasteiger charge is -2.09. The number of cyclic esters (lactones) is 1. The van der Waals surface area contributed by atoms with Crippen LogP contribution >= 0.6 is 11.9 Å². The predicted octanol–water partition coefficient (Wildman–Crippen LogP) is 0.347. The Bertz CT molecular complexity index is 274. The van der Waals surface area contributed by atoms with E-state index in [0.717, 1.165) is 5.75 Å². The molecule has 0 atom stereocenters. The lowest BCUT2D eigenvalue weighted by molar-refractivity contribution is -0.144. The average Bonchev–Trinajstić information content (AvgIpc) is 2.70. The molecule has 0 unspecified atom stereocenters. The number of carbonyl (C=O) groups is 2. The topological polar surface area (TPSA) is 68.2 Å². The van der Waals surface area contributed by atoms with E-state index >= 15 is 0 Å². The summed E-state index contributed by atoms with van der Waals surface area (Å²) in [7, 11) is 0. The zero-order valence-corrected chi connectivity index (χ0v) is 7.37. The third-order valence-electron chi connectivity index (χ3n) is 1.48. The van der Waals surface area contributed by atoms with Gasteiger partial charge in [-0.25, -0.2) is 4.79 Å². The standard InChI is InChI=1S/C6H6N2O4S/c9-5-3-11-6(10)8(5)12-4-1-2-13-7-4/h1-3H2. The number of hydrogen-bond donors (Lipinski definition) is 0. The van der Waals surface area contributed by atoms with Crippen molar-refractivity contribution in [3.05, 3.63) is 0 Å².